The van der Waals surface area contributed by atoms with Gasteiger partial charge in [0, 0.05) is 49.2 Å². The molecule has 0 saturated carbocycles. The number of aromatic nitrogens is 2. The number of halogens is 1. The van der Waals surface area contributed by atoms with Gasteiger partial charge in [-0.25, -0.2) is 9.97 Å². The number of β-amino-alcohol motifs (C(OH)–C–C–N with tert-alkyl or cyclic N) is 1. The zero-order chi connectivity index (χ0) is 20.4. The summed E-state index contributed by atoms with van der Waals surface area (Å²) in [6.07, 6.45) is 0.829. The van der Waals surface area contributed by atoms with Gasteiger partial charge in [0.15, 0.2) is 0 Å². The van der Waals surface area contributed by atoms with Crippen molar-refractivity contribution in [1.82, 2.24) is 14.9 Å². The summed E-state index contributed by atoms with van der Waals surface area (Å²) < 4.78 is 0. The summed E-state index contributed by atoms with van der Waals surface area (Å²) in [5, 5.41) is 10.6. The van der Waals surface area contributed by atoms with Gasteiger partial charge in [-0.05, 0) is 37.3 Å². The number of rotatable bonds is 5. The van der Waals surface area contributed by atoms with Gasteiger partial charge in [0.05, 0.1) is 28.5 Å². The lowest BCUT2D eigenvalue weighted by atomic mass is 10.0. The molecule has 1 N–H and O–H groups in total. The van der Waals surface area contributed by atoms with Crippen LogP contribution in [-0.4, -0.2) is 65.6 Å². The average molecular weight is 411 g/mol. The first kappa shape index (κ1) is 19.8. The molecule has 0 unspecified atom stereocenters. The van der Waals surface area contributed by atoms with Crippen molar-refractivity contribution in [1.29, 1.82) is 0 Å². The Morgan fingerprint density at radius 2 is 1.90 bits per heavy atom. The number of carbonyl (C=O) groups excluding carboxylic acids is 1. The zero-order valence-electron chi connectivity index (χ0n) is 16.3. The third-order valence-corrected chi connectivity index (χ3v) is 5.62. The Balaban J connectivity index is 1.67. The van der Waals surface area contributed by atoms with E-state index in [2.05, 4.69) is 19.8 Å². The number of piperazine rings is 1. The lowest BCUT2D eigenvalue weighted by Gasteiger charge is -2.36. The van der Waals surface area contributed by atoms with Crippen LogP contribution in [0.2, 0.25) is 5.02 Å². The van der Waals surface area contributed by atoms with Crippen molar-refractivity contribution in [3.05, 3.63) is 52.8 Å². The molecule has 0 radical (unpaired) electrons. The second-order valence-electron chi connectivity index (χ2n) is 7.23. The highest BCUT2D eigenvalue weighted by Crippen LogP contribution is 2.34. The van der Waals surface area contributed by atoms with Gasteiger partial charge >= 0.3 is 0 Å². The van der Waals surface area contributed by atoms with Crippen molar-refractivity contribution < 1.29 is 9.90 Å². The van der Waals surface area contributed by atoms with Gasteiger partial charge in [-0.3, -0.25) is 9.69 Å². The van der Waals surface area contributed by atoms with E-state index in [1.165, 1.54) is 0 Å². The van der Waals surface area contributed by atoms with Crippen LogP contribution in [0, 0.1) is 6.92 Å². The van der Waals surface area contributed by atoms with E-state index in [0.717, 1.165) is 60.3 Å². The Kier molecular flexibility index (Phi) is 5.76. The molecule has 0 bridgehead atoms. The van der Waals surface area contributed by atoms with Gasteiger partial charge in [-0.2, -0.15) is 0 Å². The highest BCUT2D eigenvalue weighted by molar-refractivity contribution is 6.33. The molecule has 2 heterocycles. The number of aliphatic hydroxyl groups is 1. The molecule has 6 nitrogen and oxygen atoms in total. The van der Waals surface area contributed by atoms with E-state index in [-0.39, 0.29) is 6.61 Å². The van der Waals surface area contributed by atoms with Gasteiger partial charge in [0.2, 0.25) is 0 Å². The molecule has 1 aliphatic rings. The van der Waals surface area contributed by atoms with Crippen LogP contribution in [0.4, 0.5) is 5.69 Å². The molecule has 0 aliphatic carbocycles. The first-order valence-corrected chi connectivity index (χ1v) is 10.1. The van der Waals surface area contributed by atoms with Crippen LogP contribution < -0.4 is 4.90 Å². The van der Waals surface area contributed by atoms with Crippen LogP contribution in [0.5, 0.6) is 0 Å². The van der Waals surface area contributed by atoms with Crippen molar-refractivity contribution in [2.45, 2.75) is 6.92 Å². The summed E-state index contributed by atoms with van der Waals surface area (Å²) in [6, 6.07) is 11.4. The summed E-state index contributed by atoms with van der Waals surface area (Å²) >= 11 is 6.66. The first-order chi connectivity index (χ1) is 14.1. The number of aliphatic hydroxyl groups excluding tert-OH is 1. The molecule has 7 heteroatoms. The second-order valence-corrected chi connectivity index (χ2v) is 7.64. The third kappa shape index (κ3) is 4.10. The zero-order valence-corrected chi connectivity index (χ0v) is 17.1. The number of anilines is 1. The van der Waals surface area contributed by atoms with Crippen molar-refractivity contribution in [3.8, 4) is 11.3 Å². The van der Waals surface area contributed by atoms with Gasteiger partial charge in [0.1, 0.15) is 12.1 Å². The Morgan fingerprint density at radius 3 is 2.59 bits per heavy atom. The quantitative estimate of drug-likeness (QED) is 0.651. The summed E-state index contributed by atoms with van der Waals surface area (Å²) in [5.74, 6) is 0.673. The van der Waals surface area contributed by atoms with Crippen molar-refractivity contribution >= 4 is 34.5 Å². The first-order valence-electron chi connectivity index (χ1n) is 9.70. The van der Waals surface area contributed by atoms with Crippen molar-refractivity contribution in [2.24, 2.45) is 0 Å². The van der Waals surface area contributed by atoms with E-state index < -0.39 is 0 Å². The van der Waals surface area contributed by atoms with E-state index in [1.807, 2.05) is 37.3 Å². The molecular weight excluding hydrogens is 388 g/mol. The maximum absolute atomic E-state index is 11.2. The van der Waals surface area contributed by atoms with E-state index >= 15 is 0 Å². The Hall–Kier alpha value is -2.54. The smallest absolute Gasteiger partial charge is 0.150 e. The predicted molar refractivity (Wildman–Crippen MR) is 116 cm³/mol. The van der Waals surface area contributed by atoms with E-state index in [4.69, 9.17) is 16.7 Å². The third-order valence-electron chi connectivity index (χ3n) is 5.32. The van der Waals surface area contributed by atoms with Crippen molar-refractivity contribution in [3.63, 3.8) is 0 Å². The monoisotopic (exact) mass is 410 g/mol. The fraction of sp³-hybridized carbons (Fsp3) is 0.318. The van der Waals surface area contributed by atoms with Gasteiger partial charge in [-0.15, -0.1) is 0 Å². The number of aryl methyl sites for hydroxylation is 1. The lowest BCUT2D eigenvalue weighted by Crippen LogP contribution is -2.47. The number of nitrogens with zero attached hydrogens (tertiary/aromatic N) is 4. The van der Waals surface area contributed by atoms with Crippen LogP contribution in [0.3, 0.4) is 0 Å². The van der Waals surface area contributed by atoms with E-state index in [0.29, 0.717) is 23.0 Å². The number of hydrogen-bond acceptors (Lipinski definition) is 6. The Morgan fingerprint density at radius 1 is 1.10 bits per heavy atom. The largest absolute Gasteiger partial charge is 0.395 e. The van der Waals surface area contributed by atoms with Gasteiger partial charge in [0.25, 0.3) is 0 Å². The molecule has 0 atom stereocenters. The predicted octanol–water partition coefficient (Wildman–Crippen LogP) is 3.19. The molecule has 0 amide bonds. The van der Waals surface area contributed by atoms with E-state index in [1.54, 1.807) is 6.07 Å². The molecule has 0 spiro atoms. The lowest BCUT2D eigenvalue weighted by molar-refractivity contribution is 0.112. The second kappa shape index (κ2) is 8.45. The molecule has 1 fully saturated rings. The van der Waals surface area contributed by atoms with E-state index in [9.17, 15) is 4.79 Å². The Bertz CT molecular complexity index is 1050. The van der Waals surface area contributed by atoms with Gasteiger partial charge < -0.3 is 10.0 Å². The number of hydrogen-bond donors (Lipinski definition) is 1. The normalized spacial score (nSPS) is 15.1. The Labute approximate surface area is 174 Å². The minimum absolute atomic E-state index is 0.188. The number of fused-ring (bicyclic) bond motifs is 1. The van der Waals surface area contributed by atoms with Crippen LogP contribution >= 0.6 is 11.6 Å². The fourth-order valence-corrected chi connectivity index (χ4v) is 4.12. The molecule has 4 rings (SSSR count). The molecule has 29 heavy (non-hydrogen) atoms. The van der Waals surface area contributed by atoms with Crippen molar-refractivity contribution in [2.75, 3.05) is 44.2 Å². The summed E-state index contributed by atoms with van der Waals surface area (Å²) in [5.41, 5.74) is 4.07. The van der Waals surface area contributed by atoms with Crippen LogP contribution in [0.1, 0.15) is 16.2 Å². The minimum atomic E-state index is 0.188. The molecule has 150 valence electrons. The van der Waals surface area contributed by atoms with Crippen LogP contribution in [-0.2, 0) is 0 Å². The molecule has 3 aromatic rings. The molecular formula is C22H23ClN4O2. The summed E-state index contributed by atoms with van der Waals surface area (Å²) in [7, 11) is 0. The molecule has 1 aliphatic heterocycles. The number of carbonyl (C=O) groups is 1. The topological polar surface area (TPSA) is 69.6 Å². The summed E-state index contributed by atoms with van der Waals surface area (Å²) in [4.78, 5) is 24.9. The maximum atomic E-state index is 11.2. The van der Waals surface area contributed by atoms with Crippen LogP contribution in [0.25, 0.3) is 22.2 Å². The number of benzene rings is 2. The highest BCUT2D eigenvalue weighted by atomic mass is 35.5. The van der Waals surface area contributed by atoms with Gasteiger partial charge in [-0.1, -0.05) is 17.7 Å². The maximum Gasteiger partial charge on any atom is 0.150 e. The number of aldehydes is 1. The minimum Gasteiger partial charge on any atom is -0.395 e. The fourth-order valence-electron chi connectivity index (χ4n) is 3.82. The van der Waals surface area contributed by atoms with Crippen LogP contribution in [0.15, 0.2) is 36.4 Å². The molecule has 1 saturated heterocycles. The highest BCUT2D eigenvalue weighted by Gasteiger charge is 2.19. The average Bonchev–Trinajstić information content (AvgIpc) is 2.73. The SMILES string of the molecule is Cc1nc(-c2ccc(N3CCN(CCO)CC3)c(Cl)c2)c2cc(C=O)ccc2n1. The summed E-state index contributed by atoms with van der Waals surface area (Å²) in [6.45, 7) is 6.32. The standard InChI is InChI=1S/C22H23ClN4O2/c1-15-24-20-4-2-16(14-29)12-18(20)22(25-15)17-3-5-21(19(23)13-17)27-8-6-26(7-9-27)10-11-28/h2-5,12-14,28H,6-11H2,1H3. The molecule has 2 aromatic carbocycles. The molecule has 1 aromatic heterocycles.